The highest BCUT2D eigenvalue weighted by Gasteiger charge is 2.43. The molecule has 0 bridgehead atoms. The van der Waals surface area contributed by atoms with Gasteiger partial charge in [0.1, 0.15) is 0 Å². The molecule has 0 N–H and O–H groups in total. The number of alkyl halides is 3. The van der Waals surface area contributed by atoms with Crippen LogP contribution in [0.25, 0.3) is 0 Å². The summed E-state index contributed by atoms with van der Waals surface area (Å²) in [5.41, 5.74) is 0. The van der Waals surface area contributed by atoms with Crippen LogP contribution >= 0.6 is 0 Å². The molecule has 2 nitrogen and oxygen atoms in total. The Labute approximate surface area is 73.3 Å². The number of hydrogen-bond acceptors (Lipinski definition) is 1. The minimum absolute atomic E-state index is 0.542. The Morgan fingerprint density at radius 2 is 2.00 bits per heavy atom. The molecule has 0 saturated heterocycles. The van der Waals surface area contributed by atoms with Crippen LogP contribution in [-0.4, -0.2) is 23.0 Å². The van der Waals surface area contributed by atoms with Gasteiger partial charge in [-0.25, -0.2) is 0 Å². The maximum absolute atomic E-state index is 12.0. The van der Waals surface area contributed by atoms with Gasteiger partial charge in [-0.05, 0) is 13.0 Å². The van der Waals surface area contributed by atoms with Gasteiger partial charge >= 0.3 is 12.1 Å². The van der Waals surface area contributed by atoms with Crippen LogP contribution in [0, 0.1) is 0 Å². The second-order valence-electron chi connectivity index (χ2n) is 2.68. The lowest BCUT2D eigenvalue weighted by atomic mass is 10.2. The summed E-state index contributed by atoms with van der Waals surface area (Å²) < 4.78 is 35.9. The van der Waals surface area contributed by atoms with E-state index in [0.29, 0.717) is 4.90 Å². The van der Waals surface area contributed by atoms with Gasteiger partial charge in [0.25, 0.3) is 0 Å². The van der Waals surface area contributed by atoms with Crippen LogP contribution in [0.2, 0.25) is 0 Å². The third kappa shape index (κ3) is 2.11. The van der Waals surface area contributed by atoms with Crippen molar-refractivity contribution in [1.82, 2.24) is 4.90 Å². The zero-order chi connectivity index (χ0) is 10.1. The second kappa shape index (κ2) is 3.24. The van der Waals surface area contributed by atoms with Gasteiger partial charge in [0.2, 0.25) is 0 Å². The minimum atomic E-state index is -4.80. The standard InChI is InChI=1S/C8H8F3NO/c1-6-4-2-3-5-12(6)7(13)8(9,10)11/h2-6H,1H3. The van der Waals surface area contributed by atoms with Gasteiger partial charge in [-0.1, -0.05) is 12.2 Å². The topological polar surface area (TPSA) is 20.3 Å². The van der Waals surface area contributed by atoms with Crippen LogP contribution in [0.3, 0.4) is 0 Å². The fourth-order valence-corrected chi connectivity index (χ4v) is 0.995. The number of allylic oxidation sites excluding steroid dienone is 2. The number of hydrogen-bond donors (Lipinski definition) is 0. The number of carbonyl (C=O) groups excluding carboxylic acids is 1. The Morgan fingerprint density at radius 3 is 2.46 bits per heavy atom. The third-order valence-electron chi connectivity index (χ3n) is 1.66. The van der Waals surface area contributed by atoms with Gasteiger partial charge in [0.15, 0.2) is 0 Å². The molecule has 0 fully saturated rings. The van der Waals surface area contributed by atoms with E-state index < -0.39 is 18.1 Å². The van der Waals surface area contributed by atoms with Crippen LogP contribution < -0.4 is 0 Å². The van der Waals surface area contributed by atoms with Gasteiger partial charge < -0.3 is 4.90 Å². The monoisotopic (exact) mass is 191 g/mol. The minimum Gasteiger partial charge on any atom is -0.305 e. The first-order chi connectivity index (χ1) is 5.93. The van der Waals surface area contributed by atoms with Crippen molar-refractivity contribution in [2.24, 2.45) is 0 Å². The molecule has 1 heterocycles. The zero-order valence-corrected chi connectivity index (χ0v) is 6.88. The van der Waals surface area contributed by atoms with Crippen molar-refractivity contribution in [2.75, 3.05) is 0 Å². The molecule has 0 spiro atoms. The molecule has 0 saturated carbocycles. The molecule has 1 amide bonds. The fourth-order valence-electron chi connectivity index (χ4n) is 0.995. The summed E-state index contributed by atoms with van der Waals surface area (Å²) in [6.07, 6.45) is 0.836. The van der Waals surface area contributed by atoms with E-state index in [1.165, 1.54) is 19.1 Å². The predicted octanol–water partition coefficient (Wildman–Crippen LogP) is 1.85. The lowest BCUT2D eigenvalue weighted by Gasteiger charge is -2.25. The van der Waals surface area contributed by atoms with Crippen molar-refractivity contribution in [3.8, 4) is 0 Å². The molecule has 0 radical (unpaired) electrons. The SMILES string of the molecule is CC1C=CC=CN1C(=O)C(F)(F)F. The molecular weight excluding hydrogens is 183 g/mol. The lowest BCUT2D eigenvalue weighted by molar-refractivity contribution is -0.183. The normalized spacial score (nSPS) is 22.2. The highest BCUT2D eigenvalue weighted by Crippen LogP contribution is 2.21. The number of halogens is 3. The molecule has 0 aliphatic carbocycles. The van der Waals surface area contributed by atoms with Gasteiger partial charge in [0, 0.05) is 6.20 Å². The Kier molecular flexibility index (Phi) is 2.45. The Bertz CT molecular complexity index is 267. The van der Waals surface area contributed by atoms with Crippen LogP contribution in [0.1, 0.15) is 6.92 Å². The third-order valence-corrected chi connectivity index (χ3v) is 1.66. The number of amides is 1. The Hall–Kier alpha value is -1.26. The lowest BCUT2D eigenvalue weighted by Crippen LogP contribution is -2.42. The van der Waals surface area contributed by atoms with Crippen LogP contribution in [0.15, 0.2) is 24.4 Å². The van der Waals surface area contributed by atoms with Gasteiger partial charge in [-0.15, -0.1) is 0 Å². The average Bonchev–Trinajstić information content (AvgIpc) is 2.02. The number of rotatable bonds is 0. The molecule has 1 rings (SSSR count). The molecule has 1 unspecified atom stereocenters. The number of nitrogens with zero attached hydrogens (tertiary/aromatic N) is 1. The van der Waals surface area contributed by atoms with Crippen molar-refractivity contribution in [1.29, 1.82) is 0 Å². The summed E-state index contributed by atoms with van der Waals surface area (Å²) in [6, 6.07) is -0.542. The van der Waals surface area contributed by atoms with E-state index >= 15 is 0 Å². The predicted molar refractivity (Wildman–Crippen MR) is 40.6 cm³/mol. The molecule has 0 aromatic heterocycles. The molecule has 5 heteroatoms. The molecular formula is C8H8F3NO. The van der Waals surface area contributed by atoms with Crippen molar-refractivity contribution >= 4 is 5.91 Å². The van der Waals surface area contributed by atoms with E-state index in [0.717, 1.165) is 6.20 Å². The summed E-state index contributed by atoms with van der Waals surface area (Å²) in [7, 11) is 0. The Morgan fingerprint density at radius 1 is 1.38 bits per heavy atom. The number of carbonyl (C=O) groups is 1. The van der Waals surface area contributed by atoms with Crippen LogP contribution in [-0.2, 0) is 4.79 Å². The van der Waals surface area contributed by atoms with E-state index in [9.17, 15) is 18.0 Å². The summed E-state index contributed by atoms with van der Waals surface area (Å²) in [5, 5.41) is 0. The zero-order valence-electron chi connectivity index (χ0n) is 6.88. The van der Waals surface area contributed by atoms with E-state index in [-0.39, 0.29) is 0 Å². The first kappa shape index (κ1) is 9.83. The second-order valence-corrected chi connectivity index (χ2v) is 2.68. The van der Waals surface area contributed by atoms with Crippen molar-refractivity contribution in [3.63, 3.8) is 0 Å². The quantitative estimate of drug-likeness (QED) is 0.572. The van der Waals surface area contributed by atoms with Crippen LogP contribution in [0.5, 0.6) is 0 Å². The summed E-state index contributed by atoms with van der Waals surface area (Å²) in [6.45, 7) is 1.52. The Balaban J connectivity index is 2.79. The van der Waals surface area contributed by atoms with Gasteiger partial charge in [-0.2, -0.15) is 13.2 Å². The summed E-state index contributed by atoms with van der Waals surface area (Å²) >= 11 is 0. The molecule has 13 heavy (non-hydrogen) atoms. The van der Waals surface area contributed by atoms with E-state index in [1.807, 2.05) is 0 Å². The van der Waals surface area contributed by atoms with Crippen molar-refractivity contribution in [2.45, 2.75) is 19.1 Å². The van der Waals surface area contributed by atoms with Crippen molar-refractivity contribution < 1.29 is 18.0 Å². The molecule has 0 aromatic rings. The van der Waals surface area contributed by atoms with E-state index in [1.54, 1.807) is 6.08 Å². The largest absolute Gasteiger partial charge is 0.471 e. The highest BCUT2D eigenvalue weighted by atomic mass is 19.4. The molecule has 0 aromatic carbocycles. The van der Waals surface area contributed by atoms with Crippen LogP contribution in [0.4, 0.5) is 13.2 Å². The van der Waals surface area contributed by atoms with E-state index in [2.05, 4.69) is 0 Å². The highest BCUT2D eigenvalue weighted by molar-refractivity contribution is 5.83. The van der Waals surface area contributed by atoms with E-state index in [4.69, 9.17) is 0 Å². The fraction of sp³-hybridized carbons (Fsp3) is 0.375. The van der Waals surface area contributed by atoms with Gasteiger partial charge in [0.05, 0.1) is 6.04 Å². The van der Waals surface area contributed by atoms with Gasteiger partial charge in [-0.3, -0.25) is 4.79 Å². The molecule has 1 aliphatic rings. The molecule has 1 aliphatic heterocycles. The van der Waals surface area contributed by atoms with Crippen molar-refractivity contribution in [3.05, 3.63) is 24.4 Å². The average molecular weight is 191 g/mol. The maximum atomic E-state index is 12.0. The smallest absolute Gasteiger partial charge is 0.305 e. The maximum Gasteiger partial charge on any atom is 0.471 e. The molecule has 1 atom stereocenters. The first-order valence-corrected chi connectivity index (χ1v) is 3.67. The summed E-state index contributed by atoms with van der Waals surface area (Å²) in [4.78, 5) is 11.4. The first-order valence-electron chi connectivity index (χ1n) is 3.67. The molecule has 72 valence electrons. The summed E-state index contributed by atoms with van der Waals surface area (Å²) in [5.74, 6) is -1.83.